The van der Waals surface area contributed by atoms with E-state index in [4.69, 9.17) is 10.5 Å². The Labute approximate surface area is 127 Å². The van der Waals surface area contributed by atoms with Gasteiger partial charge in [0.2, 0.25) is 0 Å². The number of aryl methyl sites for hydroxylation is 1. The second kappa shape index (κ2) is 7.84. The lowest BCUT2D eigenvalue weighted by Crippen LogP contribution is -2.25. The molecule has 2 nitrogen and oxygen atoms in total. The monoisotopic (exact) mass is 283 g/mol. The molecule has 0 aromatic heterocycles. The van der Waals surface area contributed by atoms with Crippen LogP contribution in [0, 0.1) is 0 Å². The normalized spacial score (nSPS) is 12.1. The largest absolute Gasteiger partial charge is 0.494 e. The van der Waals surface area contributed by atoms with E-state index in [1.54, 1.807) is 0 Å². The number of nitrogens with two attached hydrogens (primary N) is 1. The minimum absolute atomic E-state index is 0.149. The van der Waals surface area contributed by atoms with Crippen molar-refractivity contribution in [2.24, 2.45) is 5.73 Å². The zero-order chi connectivity index (χ0) is 15.1. The Morgan fingerprint density at radius 2 is 1.29 bits per heavy atom. The second-order valence-electron chi connectivity index (χ2n) is 5.42. The first kappa shape index (κ1) is 15.6. The highest BCUT2D eigenvalue weighted by molar-refractivity contribution is 5.28. The first-order valence-corrected chi connectivity index (χ1v) is 7.76. The molecule has 1 atom stereocenters. The number of hydrogen-bond acceptors (Lipinski definition) is 2. The molecule has 0 aliphatic rings. The van der Waals surface area contributed by atoms with Crippen LogP contribution >= 0.6 is 0 Å². The Morgan fingerprint density at radius 3 is 1.76 bits per heavy atom. The summed E-state index contributed by atoms with van der Waals surface area (Å²) in [6, 6.07) is 17.2. The third kappa shape index (κ3) is 4.91. The Morgan fingerprint density at radius 1 is 0.810 bits per heavy atom. The molecule has 21 heavy (non-hydrogen) atoms. The van der Waals surface area contributed by atoms with Crippen molar-refractivity contribution >= 4 is 0 Å². The van der Waals surface area contributed by atoms with E-state index >= 15 is 0 Å². The number of rotatable bonds is 7. The Hall–Kier alpha value is -1.80. The number of ether oxygens (including phenoxy) is 1. The number of benzene rings is 2. The van der Waals surface area contributed by atoms with Crippen molar-refractivity contribution in [1.29, 1.82) is 0 Å². The summed E-state index contributed by atoms with van der Waals surface area (Å²) >= 11 is 0. The molecule has 0 fully saturated rings. The second-order valence-corrected chi connectivity index (χ2v) is 5.42. The summed E-state index contributed by atoms with van der Waals surface area (Å²) in [6.07, 6.45) is 2.89. The Bertz CT molecular complexity index is 530. The maximum Gasteiger partial charge on any atom is 0.119 e. The molecule has 0 heterocycles. The predicted molar refractivity (Wildman–Crippen MR) is 88.8 cm³/mol. The minimum Gasteiger partial charge on any atom is -0.494 e. The van der Waals surface area contributed by atoms with Crippen LogP contribution in [-0.2, 0) is 19.3 Å². The van der Waals surface area contributed by atoms with Gasteiger partial charge in [-0.25, -0.2) is 0 Å². The van der Waals surface area contributed by atoms with Crippen molar-refractivity contribution in [3.8, 4) is 5.75 Å². The molecule has 0 bridgehead atoms. The summed E-state index contributed by atoms with van der Waals surface area (Å²) in [4.78, 5) is 0. The molecule has 0 aliphatic carbocycles. The van der Waals surface area contributed by atoms with Crippen molar-refractivity contribution < 1.29 is 4.74 Å². The highest BCUT2D eigenvalue weighted by Gasteiger charge is 2.06. The van der Waals surface area contributed by atoms with E-state index in [9.17, 15) is 0 Å². The zero-order valence-electron chi connectivity index (χ0n) is 13.0. The van der Waals surface area contributed by atoms with Crippen LogP contribution in [0.3, 0.4) is 0 Å². The van der Waals surface area contributed by atoms with E-state index < -0.39 is 0 Å². The first-order valence-electron chi connectivity index (χ1n) is 7.76. The van der Waals surface area contributed by atoms with E-state index in [1.807, 2.05) is 19.1 Å². The molecular weight excluding hydrogens is 258 g/mol. The topological polar surface area (TPSA) is 35.2 Å². The van der Waals surface area contributed by atoms with Gasteiger partial charge in [-0.05, 0) is 55.0 Å². The van der Waals surface area contributed by atoms with Gasteiger partial charge in [0.15, 0.2) is 0 Å². The van der Waals surface area contributed by atoms with Crippen LogP contribution < -0.4 is 10.5 Å². The summed E-state index contributed by atoms with van der Waals surface area (Å²) < 4.78 is 5.45. The fraction of sp³-hybridized carbons (Fsp3) is 0.368. The van der Waals surface area contributed by atoms with Gasteiger partial charge in [-0.1, -0.05) is 43.3 Å². The van der Waals surface area contributed by atoms with E-state index in [1.165, 1.54) is 16.7 Å². The van der Waals surface area contributed by atoms with Crippen LogP contribution in [0.1, 0.15) is 30.5 Å². The molecule has 2 aromatic carbocycles. The minimum atomic E-state index is 0.149. The summed E-state index contributed by atoms with van der Waals surface area (Å²) in [5.74, 6) is 0.921. The smallest absolute Gasteiger partial charge is 0.119 e. The molecule has 0 saturated carbocycles. The summed E-state index contributed by atoms with van der Waals surface area (Å²) in [5, 5.41) is 0. The van der Waals surface area contributed by atoms with Gasteiger partial charge in [-0.3, -0.25) is 0 Å². The molecule has 2 aromatic rings. The molecule has 2 heteroatoms. The Balaban J connectivity index is 1.89. The molecule has 112 valence electrons. The molecule has 2 N–H and O–H groups in total. The third-order valence-electron chi connectivity index (χ3n) is 3.66. The van der Waals surface area contributed by atoms with Gasteiger partial charge < -0.3 is 10.5 Å². The van der Waals surface area contributed by atoms with Gasteiger partial charge in [0.25, 0.3) is 0 Å². The van der Waals surface area contributed by atoms with Gasteiger partial charge >= 0.3 is 0 Å². The zero-order valence-corrected chi connectivity index (χ0v) is 13.0. The lowest BCUT2D eigenvalue weighted by Gasteiger charge is -2.13. The summed E-state index contributed by atoms with van der Waals surface area (Å²) in [5.41, 5.74) is 10.2. The van der Waals surface area contributed by atoms with Crippen LogP contribution in [-0.4, -0.2) is 12.6 Å². The maximum absolute atomic E-state index is 6.27. The van der Waals surface area contributed by atoms with Crippen molar-refractivity contribution in [2.75, 3.05) is 6.61 Å². The molecule has 1 unspecified atom stereocenters. The molecule has 0 aliphatic heterocycles. The van der Waals surface area contributed by atoms with Crippen LogP contribution in [0.4, 0.5) is 0 Å². The van der Waals surface area contributed by atoms with Crippen LogP contribution in [0.15, 0.2) is 48.5 Å². The fourth-order valence-corrected chi connectivity index (χ4v) is 2.48. The van der Waals surface area contributed by atoms with Crippen LogP contribution in [0.2, 0.25) is 0 Å². The van der Waals surface area contributed by atoms with Gasteiger partial charge in [0.05, 0.1) is 6.61 Å². The van der Waals surface area contributed by atoms with Gasteiger partial charge in [-0.2, -0.15) is 0 Å². The van der Waals surface area contributed by atoms with E-state index in [2.05, 4.69) is 43.3 Å². The lowest BCUT2D eigenvalue weighted by molar-refractivity contribution is 0.340. The van der Waals surface area contributed by atoms with Crippen LogP contribution in [0.5, 0.6) is 5.75 Å². The third-order valence-corrected chi connectivity index (χ3v) is 3.66. The highest BCUT2D eigenvalue weighted by Crippen LogP contribution is 2.14. The van der Waals surface area contributed by atoms with Crippen molar-refractivity contribution in [3.63, 3.8) is 0 Å². The van der Waals surface area contributed by atoms with E-state index in [-0.39, 0.29) is 6.04 Å². The van der Waals surface area contributed by atoms with Gasteiger partial charge in [-0.15, -0.1) is 0 Å². The molecule has 2 rings (SSSR count). The molecule has 0 spiro atoms. The average Bonchev–Trinajstić information content (AvgIpc) is 2.50. The van der Waals surface area contributed by atoms with Gasteiger partial charge in [0.1, 0.15) is 5.75 Å². The average molecular weight is 283 g/mol. The van der Waals surface area contributed by atoms with Crippen molar-refractivity contribution in [1.82, 2.24) is 0 Å². The maximum atomic E-state index is 6.27. The van der Waals surface area contributed by atoms with Crippen molar-refractivity contribution in [2.45, 2.75) is 39.2 Å². The summed E-state index contributed by atoms with van der Waals surface area (Å²) in [6.45, 7) is 4.87. The quantitative estimate of drug-likeness (QED) is 0.839. The lowest BCUT2D eigenvalue weighted by atomic mass is 9.99. The van der Waals surface area contributed by atoms with E-state index in [0.717, 1.165) is 25.0 Å². The Kier molecular flexibility index (Phi) is 5.82. The first-order chi connectivity index (χ1) is 10.2. The standard InChI is InChI=1S/C19H25NO/c1-3-15-5-7-16(8-6-15)13-18(20)14-17-9-11-19(12-10-17)21-4-2/h5-12,18H,3-4,13-14,20H2,1-2H3. The highest BCUT2D eigenvalue weighted by atomic mass is 16.5. The summed E-state index contributed by atoms with van der Waals surface area (Å²) in [7, 11) is 0. The fourth-order valence-electron chi connectivity index (χ4n) is 2.48. The van der Waals surface area contributed by atoms with E-state index in [0.29, 0.717) is 6.61 Å². The molecule has 0 saturated heterocycles. The van der Waals surface area contributed by atoms with Gasteiger partial charge in [0, 0.05) is 6.04 Å². The number of hydrogen-bond donors (Lipinski definition) is 1. The molecule has 0 amide bonds. The molecule has 0 radical (unpaired) electrons. The van der Waals surface area contributed by atoms with Crippen molar-refractivity contribution in [3.05, 3.63) is 65.2 Å². The SMILES string of the molecule is CCOc1ccc(CC(N)Cc2ccc(CC)cc2)cc1. The predicted octanol–water partition coefficient (Wildman–Crippen LogP) is 3.76. The molecular formula is C19H25NO. The van der Waals surface area contributed by atoms with Crippen LogP contribution in [0.25, 0.3) is 0 Å².